The summed E-state index contributed by atoms with van der Waals surface area (Å²) in [5.74, 6) is -3.11. The number of alkyl halides is 3. The Balaban J connectivity index is 0.000000517. The van der Waals surface area contributed by atoms with Crippen LogP contribution in [0.15, 0.2) is 64.6 Å². The smallest absolute Gasteiger partial charge is 0.475 e. The van der Waals surface area contributed by atoms with E-state index in [2.05, 4.69) is 20.6 Å². The molecule has 2 aromatic carbocycles. The molecule has 2 aliphatic heterocycles. The van der Waals surface area contributed by atoms with E-state index in [0.717, 1.165) is 29.6 Å². The standard InChI is InChI=1S/C25H22ClN5O3S.C2HF3O2/c26-19-5-4-18(28-23(32)15-31-8-10-34-11-9-31)14-21(19)29-25-30-24(33)22(35-25)13-16-3-6-20-17(12-16)2-1-7-27-20;3-2(4,5)1(6)7/h1-7,12-14H,8-11,15H2,(H,28,32)(H,29,30,33);(H,6,7)/b22-13-;. The van der Waals surface area contributed by atoms with Crippen LogP contribution in [0.5, 0.6) is 0 Å². The minimum Gasteiger partial charge on any atom is -0.475 e. The fourth-order valence-corrected chi connectivity index (χ4v) is 4.76. The van der Waals surface area contributed by atoms with Crippen molar-refractivity contribution in [2.24, 2.45) is 4.99 Å². The number of morpholine rings is 1. The van der Waals surface area contributed by atoms with Crippen LogP contribution in [0.1, 0.15) is 5.56 Å². The normalized spacial score (nSPS) is 17.6. The fourth-order valence-electron chi connectivity index (χ4n) is 3.76. The van der Waals surface area contributed by atoms with Gasteiger partial charge in [0, 0.05) is 30.4 Å². The number of carbonyl (C=O) groups is 3. The fraction of sp³-hybridized carbons (Fsp3) is 0.222. The molecule has 220 valence electrons. The highest BCUT2D eigenvalue weighted by atomic mass is 35.5. The maximum atomic E-state index is 12.5. The van der Waals surface area contributed by atoms with Gasteiger partial charge in [-0.2, -0.15) is 13.2 Å². The Hall–Kier alpha value is -3.98. The summed E-state index contributed by atoms with van der Waals surface area (Å²) in [6.07, 6.45) is -1.52. The van der Waals surface area contributed by atoms with Gasteiger partial charge in [-0.1, -0.05) is 23.7 Å². The molecule has 3 heterocycles. The summed E-state index contributed by atoms with van der Waals surface area (Å²) in [7, 11) is 0. The summed E-state index contributed by atoms with van der Waals surface area (Å²) in [5, 5.41) is 14.6. The number of nitrogens with one attached hydrogen (secondary N) is 2. The van der Waals surface area contributed by atoms with Crippen LogP contribution in [0.4, 0.5) is 24.5 Å². The molecule has 42 heavy (non-hydrogen) atoms. The third-order valence-corrected chi connectivity index (χ3v) is 6.97. The van der Waals surface area contributed by atoms with Crippen LogP contribution in [0.2, 0.25) is 5.02 Å². The van der Waals surface area contributed by atoms with E-state index in [1.165, 1.54) is 11.8 Å². The summed E-state index contributed by atoms with van der Waals surface area (Å²) < 4.78 is 37.1. The topological polar surface area (TPSA) is 133 Å². The number of benzene rings is 2. The third-order valence-electron chi connectivity index (χ3n) is 5.74. The lowest BCUT2D eigenvalue weighted by molar-refractivity contribution is -0.192. The van der Waals surface area contributed by atoms with Crippen LogP contribution in [0.3, 0.4) is 0 Å². The van der Waals surface area contributed by atoms with E-state index in [-0.39, 0.29) is 11.8 Å². The summed E-state index contributed by atoms with van der Waals surface area (Å²) in [4.78, 5) is 45.3. The number of amides is 2. The van der Waals surface area contributed by atoms with Gasteiger partial charge in [0.2, 0.25) is 5.91 Å². The lowest BCUT2D eigenvalue weighted by Gasteiger charge is -2.25. The molecular weight excluding hydrogens is 599 g/mol. The first-order valence-electron chi connectivity index (χ1n) is 12.3. The number of fused-ring (bicyclic) bond motifs is 1. The number of pyridine rings is 1. The number of carboxylic acids is 1. The van der Waals surface area contributed by atoms with Crippen molar-refractivity contribution in [3.8, 4) is 0 Å². The van der Waals surface area contributed by atoms with Crippen LogP contribution in [0.25, 0.3) is 17.0 Å². The van der Waals surface area contributed by atoms with E-state index in [1.807, 2.05) is 41.3 Å². The molecule has 1 aromatic heterocycles. The summed E-state index contributed by atoms with van der Waals surface area (Å²) in [6.45, 7) is 3.02. The number of ether oxygens (including phenoxy) is 1. The maximum absolute atomic E-state index is 12.5. The van der Waals surface area contributed by atoms with E-state index in [4.69, 9.17) is 26.2 Å². The number of nitrogens with zero attached hydrogens (tertiary/aromatic N) is 3. The number of carbonyl (C=O) groups excluding carboxylic acids is 2. The van der Waals surface area contributed by atoms with Gasteiger partial charge in [0.05, 0.1) is 40.9 Å². The van der Waals surface area contributed by atoms with Crippen molar-refractivity contribution in [3.63, 3.8) is 0 Å². The second-order valence-electron chi connectivity index (χ2n) is 8.84. The van der Waals surface area contributed by atoms with Crippen LogP contribution < -0.4 is 10.6 Å². The zero-order valence-electron chi connectivity index (χ0n) is 21.7. The Morgan fingerprint density at radius 3 is 2.64 bits per heavy atom. The molecule has 2 fully saturated rings. The zero-order valence-corrected chi connectivity index (χ0v) is 23.2. The van der Waals surface area contributed by atoms with Gasteiger partial charge in [0.25, 0.3) is 5.91 Å². The second kappa shape index (κ2) is 13.8. The molecule has 2 aliphatic rings. The largest absolute Gasteiger partial charge is 0.490 e. The highest BCUT2D eigenvalue weighted by Gasteiger charge is 2.38. The van der Waals surface area contributed by atoms with Crippen molar-refractivity contribution >= 4 is 74.7 Å². The molecule has 3 N–H and O–H groups in total. The van der Waals surface area contributed by atoms with Gasteiger partial charge in [0.1, 0.15) is 0 Å². The SMILES string of the molecule is O=C(CN1CCOCC1)Nc1ccc(Cl)c(N=C2NC(=O)/C(=C/c3ccc4ncccc4c3)S2)c1.O=C(O)C(F)(F)F. The van der Waals surface area contributed by atoms with Crippen molar-refractivity contribution in [2.75, 3.05) is 38.2 Å². The van der Waals surface area contributed by atoms with Gasteiger partial charge in [-0.25, -0.2) is 9.79 Å². The predicted octanol–water partition coefficient (Wildman–Crippen LogP) is 4.68. The first-order valence-corrected chi connectivity index (χ1v) is 13.5. The number of hydrogen-bond acceptors (Lipinski definition) is 8. The Morgan fingerprint density at radius 2 is 1.93 bits per heavy atom. The number of aliphatic carboxylic acids is 1. The number of aliphatic imine (C=N–C) groups is 1. The van der Waals surface area contributed by atoms with Gasteiger partial charge in [-0.05, 0) is 59.8 Å². The van der Waals surface area contributed by atoms with Crippen molar-refractivity contribution in [1.82, 2.24) is 15.2 Å². The number of rotatable bonds is 5. The summed E-state index contributed by atoms with van der Waals surface area (Å²) in [5.41, 5.74) is 2.83. The van der Waals surface area contributed by atoms with E-state index >= 15 is 0 Å². The quantitative estimate of drug-likeness (QED) is 0.350. The van der Waals surface area contributed by atoms with Crippen molar-refractivity contribution in [1.29, 1.82) is 0 Å². The Kier molecular flexibility index (Phi) is 10.2. The average molecular weight is 622 g/mol. The number of thioether (sulfide) groups is 1. The second-order valence-corrected chi connectivity index (χ2v) is 10.3. The molecule has 0 spiro atoms. The Labute approximate surface area is 246 Å². The molecule has 15 heteroatoms. The van der Waals surface area contributed by atoms with E-state index in [9.17, 15) is 22.8 Å². The molecule has 0 unspecified atom stereocenters. The first-order chi connectivity index (χ1) is 20.0. The van der Waals surface area contributed by atoms with E-state index < -0.39 is 12.1 Å². The molecule has 2 saturated heterocycles. The van der Waals surface area contributed by atoms with Crippen molar-refractivity contribution in [3.05, 3.63) is 70.2 Å². The molecule has 3 aromatic rings. The monoisotopic (exact) mass is 621 g/mol. The Morgan fingerprint density at radius 1 is 1.19 bits per heavy atom. The number of hydrogen-bond donors (Lipinski definition) is 3. The summed E-state index contributed by atoms with van der Waals surface area (Å²) in [6, 6.07) is 14.8. The van der Waals surface area contributed by atoms with E-state index in [0.29, 0.717) is 46.2 Å². The van der Waals surface area contributed by atoms with Crippen molar-refractivity contribution in [2.45, 2.75) is 6.18 Å². The lowest BCUT2D eigenvalue weighted by Crippen LogP contribution is -2.41. The van der Waals surface area contributed by atoms with Crippen LogP contribution in [0, 0.1) is 0 Å². The van der Waals surface area contributed by atoms with Gasteiger partial charge in [-0.15, -0.1) is 0 Å². The number of halogens is 4. The maximum Gasteiger partial charge on any atom is 0.490 e. The van der Waals surface area contributed by atoms with E-state index in [1.54, 1.807) is 24.4 Å². The molecule has 0 saturated carbocycles. The molecule has 10 nitrogen and oxygen atoms in total. The molecule has 0 atom stereocenters. The molecular formula is C27H23ClF3N5O5S. The van der Waals surface area contributed by atoms with Crippen LogP contribution in [-0.4, -0.2) is 77.0 Å². The molecule has 0 bridgehead atoms. The van der Waals surface area contributed by atoms with Crippen molar-refractivity contribution < 1.29 is 37.4 Å². The third kappa shape index (κ3) is 8.76. The lowest BCUT2D eigenvalue weighted by atomic mass is 10.1. The first kappa shape index (κ1) is 31.0. The number of carboxylic acid groups (broad SMARTS) is 1. The highest BCUT2D eigenvalue weighted by molar-refractivity contribution is 8.18. The molecule has 5 rings (SSSR count). The van der Waals surface area contributed by atoms with Crippen LogP contribution in [-0.2, 0) is 19.1 Å². The molecule has 2 amide bonds. The number of amidine groups is 1. The number of anilines is 1. The number of aromatic nitrogens is 1. The minimum absolute atomic E-state index is 0.118. The van der Waals surface area contributed by atoms with Gasteiger partial charge in [0.15, 0.2) is 5.17 Å². The van der Waals surface area contributed by atoms with Gasteiger partial charge < -0.3 is 20.5 Å². The minimum atomic E-state index is -5.08. The van der Waals surface area contributed by atoms with Gasteiger partial charge >= 0.3 is 12.1 Å². The predicted molar refractivity (Wildman–Crippen MR) is 154 cm³/mol. The Bertz CT molecular complexity index is 1560. The molecule has 0 aliphatic carbocycles. The highest BCUT2D eigenvalue weighted by Crippen LogP contribution is 2.33. The van der Waals surface area contributed by atoms with Gasteiger partial charge in [-0.3, -0.25) is 19.5 Å². The van der Waals surface area contributed by atoms with Crippen LogP contribution >= 0.6 is 23.4 Å². The molecule has 0 radical (unpaired) electrons. The average Bonchev–Trinajstić information content (AvgIpc) is 3.28. The zero-order chi connectivity index (χ0) is 30.3. The summed E-state index contributed by atoms with van der Waals surface area (Å²) >= 11 is 7.58.